The second kappa shape index (κ2) is 6.72. The Labute approximate surface area is 125 Å². The molecule has 0 heterocycles. The first kappa shape index (κ1) is 17.2. The topological polar surface area (TPSA) is 78.4 Å². The lowest BCUT2D eigenvalue weighted by Crippen LogP contribution is -2.39. The summed E-state index contributed by atoms with van der Waals surface area (Å²) >= 11 is 0. The van der Waals surface area contributed by atoms with Crippen molar-refractivity contribution in [3.05, 3.63) is 29.3 Å². The summed E-state index contributed by atoms with van der Waals surface area (Å²) in [6, 6.07) is 5.11. The SMILES string of the molecule is CC(=O)Nc1cc(C(=O)NCC(O)C(C)(C)C)ccc1C. The molecule has 1 aromatic carbocycles. The van der Waals surface area contributed by atoms with Crippen molar-refractivity contribution in [2.24, 2.45) is 5.41 Å². The first-order chi connectivity index (χ1) is 9.61. The largest absolute Gasteiger partial charge is 0.391 e. The summed E-state index contributed by atoms with van der Waals surface area (Å²) in [6.45, 7) is 9.19. The molecule has 5 heteroatoms. The van der Waals surface area contributed by atoms with Crippen molar-refractivity contribution in [3.8, 4) is 0 Å². The highest BCUT2D eigenvalue weighted by molar-refractivity contribution is 5.97. The predicted octanol–water partition coefficient (Wildman–Crippen LogP) is 2.09. The van der Waals surface area contributed by atoms with Crippen LogP contribution in [0.25, 0.3) is 0 Å². The molecule has 0 spiro atoms. The summed E-state index contributed by atoms with van der Waals surface area (Å²) in [5, 5.41) is 15.3. The molecule has 116 valence electrons. The first-order valence-corrected chi connectivity index (χ1v) is 6.95. The summed E-state index contributed by atoms with van der Waals surface area (Å²) in [7, 11) is 0. The van der Waals surface area contributed by atoms with E-state index in [1.54, 1.807) is 18.2 Å². The van der Waals surface area contributed by atoms with Gasteiger partial charge < -0.3 is 15.7 Å². The van der Waals surface area contributed by atoms with Crippen LogP contribution in [0.3, 0.4) is 0 Å². The minimum atomic E-state index is -0.623. The first-order valence-electron chi connectivity index (χ1n) is 6.95. The van der Waals surface area contributed by atoms with Crippen LogP contribution >= 0.6 is 0 Å². The molecule has 1 atom stereocenters. The van der Waals surface area contributed by atoms with E-state index in [4.69, 9.17) is 0 Å². The van der Waals surface area contributed by atoms with Gasteiger partial charge in [0, 0.05) is 24.7 Å². The van der Waals surface area contributed by atoms with Crippen LogP contribution in [0.4, 0.5) is 5.69 Å². The van der Waals surface area contributed by atoms with E-state index < -0.39 is 6.10 Å². The van der Waals surface area contributed by atoms with Crippen molar-refractivity contribution in [1.29, 1.82) is 0 Å². The van der Waals surface area contributed by atoms with Gasteiger partial charge in [-0.25, -0.2) is 0 Å². The molecule has 0 saturated heterocycles. The molecule has 0 aliphatic heterocycles. The van der Waals surface area contributed by atoms with Crippen LogP contribution in [0.2, 0.25) is 0 Å². The van der Waals surface area contributed by atoms with Gasteiger partial charge in [-0.2, -0.15) is 0 Å². The normalized spacial score (nSPS) is 12.7. The van der Waals surface area contributed by atoms with Gasteiger partial charge in [-0.15, -0.1) is 0 Å². The van der Waals surface area contributed by atoms with Crippen LogP contribution in [0, 0.1) is 12.3 Å². The summed E-state index contributed by atoms with van der Waals surface area (Å²) in [4.78, 5) is 23.2. The van der Waals surface area contributed by atoms with Gasteiger partial charge >= 0.3 is 0 Å². The molecular weight excluding hydrogens is 268 g/mol. The molecule has 0 aromatic heterocycles. The predicted molar refractivity (Wildman–Crippen MR) is 83.3 cm³/mol. The minimum absolute atomic E-state index is 0.182. The van der Waals surface area contributed by atoms with Crippen molar-refractivity contribution < 1.29 is 14.7 Å². The number of rotatable bonds is 4. The van der Waals surface area contributed by atoms with Gasteiger partial charge in [0.05, 0.1) is 6.10 Å². The maximum Gasteiger partial charge on any atom is 0.251 e. The molecule has 0 aliphatic rings. The Balaban J connectivity index is 2.77. The Morgan fingerprint density at radius 2 is 1.90 bits per heavy atom. The monoisotopic (exact) mass is 292 g/mol. The quantitative estimate of drug-likeness (QED) is 0.795. The van der Waals surface area contributed by atoms with E-state index in [1.165, 1.54) is 6.92 Å². The third kappa shape index (κ3) is 5.19. The molecule has 21 heavy (non-hydrogen) atoms. The number of amides is 2. The number of aliphatic hydroxyl groups excluding tert-OH is 1. The Kier molecular flexibility index (Phi) is 5.49. The standard InChI is InChI=1S/C16H24N2O3/c1-10-6-7-12(8-13(10)18-11(2)19)15(21)17-9-14(20)16(3,4)5/h6-8,14,20H,9H2,1-5H3,(H,17,21)(H,18,19). The van der Waals surface area contributed by atoms with Crippen LogP contribution in [-0.4, -0.2) is 29.6 Å². The molecule has 0 bridgehead atoms. The van der Waals surface area contributed by atoms with Gasteiger partial charge in [0.15, 0.2) is 0 Å². The molecule has 0 fully saturated rings. The molecular formula is C16H24N2O3. The number of aryl methyl sites for hydroxylation is 1. The molecule has 3 N–H and O–H groups in total. The fraction of sp³-hybridized carbons (Fsp3) is 0.500. The van der Waals surface area contributed by atoms with Crippen molar-refractivity contribution in [1.82, 2.24) is 5.32 Å². The molecule has 0 aliphatic carbocycles. The number of benzene rings is 1. The van der Waals surface area contributed by atoms with E-state index in [0.29, 0.717) is 11.3 Å². The number of aliphatic hydroxyl groups is 1. The number of hydrogen-bond donors (Lipinski definition) is 3. The van der Waals surface area contributed by atoms with Gasteiger partial charge in [0.25, 0.3) is 5.91 Å². The van der Waals surface area contributed by atoms with E-state index in [1.807, 2.05) is 27.7 Å². The van der Waals surface area contributed by atoms with E-state index in [9.17, 15) is 14.7 Å². The average Bonchev–Trinajstić information content (AvgIpc) is 2.36. The second-order valence-electron chi connectivity index (χ2n) is 6.30. The number of hydrogen-bond acceptors (Lipinski definition) is 3. The Morgan fingerprint density at radius 3 is 2.43 bits per heavy atom. The van der Waals surface area contributed by atoms with Gasteiger partial charge in [0.2, 0.25) is 5.91 Å². The molecule has 1 aromatic rings. The van der Waals surface area contributed by atoms with Gasteiger partial charge in [-0.05, 0) is 30.0 Å². The van der Waals surface area contributed by atoms with E-state index in [2.05, 4.69) is 10.6 Å². The zero-order valence-corrected chi connectivity index (χ0v) is 13.3. The van der Waals surface area contributed by atoms with E-state index in [0.717, 1.165) is 5.56 Å². The van der Waals surface area contributed by atoms with Crippen LogP contribution in [-0.2, 0) is 4.79 Å². The van der Waals surface area contributed by atoms with E-state index in [-0.39, 0.29) is 23.8 Å². The highest BCUT2D eigenvalue weighted by Gasteiger charge is 2.22. The molecule has 2 amide bonds. The average molecular weight is 292 g/mol. The van der Waals surface area contributed by atoms with E-state index >= 15 is 0 Å². The maximum atomic E-state index is 12.1. The zero-order valence-electron chi connectivity index (χ0n) is 13.3. The molecule has 0 radical (unpaired) electrons. The highest BCUT2D eigenvalue weighted by Crippen LogP contribution is 2.19. The van der Waals surface area contributed by atoms with Crippen molar-refractivity contribution >= 4 is 17.5 Å². The molecule has 1 rings (SSSR count). The van der Waals surface area contributed by atoms with Crippen molar-refractivity contribution in [2.45, 2.75) is 40.7 Å². The van der Waals surface area contributed by atoms with Gasteiger partial charge in [-0.1, -0.05) is 26.8 Å². The lowest BCUT2D eigenvalue weighted by Gasteiger charge is -2.25. The third-order valence-electron chi connectivity index (χ3n) is 3.27. The molecule has 0 saturated carbocycles. The van der Waals surface area contributed by atoms with Crippen LogP contribution in [0.5, 0.6) is 0 Å². The Morgan fingerprint density at radius 1 is 1.29 bits per heavy atom. The Hall–Kier alpha value is -1.88. The van der Waals surface area contributed by atoms with Crippen LogP contribution in [0.1, 0.15) is 43.6 Å². The van der Waals surface area contributed by atoms with Crippen LogP contribution < -0.4 is 10.6 Å². The molecule has 1 unspecified atom stereocenters. The van der Waals surface area contributed by atoms with Crippen LogP contribution in [0.15, 0.2) is 18.2 Å². The fourth-order valence-corrected chi connectivity index (χ4v) is 1.69. The number of carbonyl (C=O) groups is 2. The lowest BCUT2D eigenvalue weighted by molar-refractivity contribution is -0.114. The third-order valence-corrected chi connectivity index (χ3v) is 3.27. The number of anilines is 1. The maximum absolute atomic E-state index is 12.1. The van der Waals surface area contributed by atoms with Gasteiger partial charge in [0.1, 0.15) is 0 Å². The lowest BCUT2D eigenvalue weighted by atomic mass is 9.89. The Bertz CT molecular complexity index is 533. The summed E-state index contributed by atoms with van der Waals surface area (Å²) in [6.07, 6.45) is -0.623. The second-order valence-corrected chi connectivity index (χ2v) is 6.30. The number of carbonyl (C=O) groups excluding carboxylic acids is 2. The van der Waals surface area contributed by atoms with Gasteiger partial charge in [-0.3, -0.25) is 9.59 Å². The smallest absolute Gasteiger partial charge is 0.251 e. The fourth-order valence-electron chi connectivity index (χ4n) is 1.69. The summed E-state index contributed by atoms with van der Waals surface area (Å²) < 4.78 is 0. The summed E-state index contributed by atoms with van der Waals surface area (Å²) in [5.41, 5.74) is 1.66. The highest BCUT2D eigenvalue weighted by atomic mass is 16.3. The minimum Gasteiger partial charge on any atom is -0.391 e. The van der Waals surface area contributed by atoms with Crippen molar-refractivity contribution in [2.75, 3.05) is 11.9 Å². The zero-order chi connectivity index (χ0) is 16.2. The van der Waals surface area contributed by atoms with Crippen molar-refractivity contribution in [3.63, 3.8) is 0 Å². The molecule has 5 nitrogen and oxygen atoms in total. The number of nitrogens with one attached hydrogen (secondary N) is 2. The summed E-state index contributed by atoms with van der Waals surface area (Å²) in [5.74, 6) is -0.455.